The van der Waals surface area contributed by atoms with E-state index in [2.05, 4.69) is 33.0 Å². The molecule has 0 saturated heterocycles. The summed E-state index contributed by atoms with van der Waals surface area (Å²) in [7, 11) is -3.52. The summed E-state index contributed by atoms with van der Waals surface area (Å²) in [6, 6.07) is 14.4. The van der Waals surface area contributed by atoms with Gasteiger partial charge >= 0.3 is 0 Å². The summed E-state index contributed by atoms with van der Waals surface area (Å²) in [5.74, 6) is 0.145. The summed E-state index contributed by atoms with van der Waals surface area (Å²) in [6.07, 6.45) is 11.6. The first kappa shape index (κ1) is 33.0. The zero-order chi connectivity index (χ0) is 29.9. The molecule has 1 N–H and O–H groups in total. The van der Waals surface area contributed by atoms with Crippen LogP contribution in [0.4, 0.5) is 0 Å². The number of nitrogens with one attached hydrogen (secondary N) is 1. The van der Waals surface area contributed by atoms with E-state index < -0.39 is 9.84 Å². The summed E-state index contributed by atoms with van der Waals surface area (Å²) in [6.45, 7) is 9.14. The van der Waals surface area contributed by atoms with Gasteiger partial charge in [0, 0.05) is 25.3 Å². The van der Waals surface area contributed by atoms with Gasteiger partial charge in [0.2, 0.25) is 5.91 Å². The van der Waals surface area contributed by atoms with Gasteiger partial charge in [0.15, 0.2) is 9.84 Å². The number of carbonyl (C=O) groups excluding carboxylic acids is 2. The standard InChI is InChI=1S/C35H51NO4S/c1-5-6-7-11-21-36-34(38)30(23-27-13-9-8-10-14-27)25-32(37)24-28-15-12-16-29(22-28)26-41(39,40)33-19-17-31(18-20-33)35(2,3)4/h12,15-20,22,27,30H,5-11,13-14,21,23-26H2,1-4H3,(H,36,38)/t30-/m0/s1. The lowest BCUT2D eigenvalue weighted by Crippen LogP contribution is -2.34. The maximum Gasteiger partial charge on any atom is 0.223 e. The van der Waals surface area contributed by atoms with Crippen LogP contribution in [0.15, 0.2) is 53.4 Å². The molecule has 0 unspecified atom stereocenters. The third-order valence-corrected chi connectivity index (χ3v) is 10.0. The molecule has 226 valence electrons. The fraction of sp³-hybridized carbons (Fsp3) is 0.600. The van der Waals surface area contributed by atoms with E-state index in [1.165, 1.54) is 25.7 Å². The number of carbonyl (C=O) groups is 2. The van der Waals surface area contributed by atoms with Gasteiger partial charge in [0.25, 0.3) is 0 Å². The van der Waals surface area contributed by atoms with Crippen LogP contribution >= 0.6 is 0 Å². The van der Waals surface area contributed by atoms with Crippen LogP contribution in [0.1, 0.15) is 115 Å². The van der Waals surface area contributed by atoms with Gasteiger partial charge in [0.05, 0.1) is 10.6 Å². The van der Waals surface area contributed by atoms with Gasteiger partial charge in [0.1, 0.15) is 5.78 Å². The van der Waals surface area contributed by atoms with E-state index in [-0.39, 0.29) is 41.6 Å². The molecule has 0 radical (unpaired) electrons. The van der Waals surface area contributed by atoms with Crippen LogP contribution in [0.5, 0.6) is 0 Å². The number of rotatable bonds is 15. The summed E-state index contributed by atoms with van der Waals surface area (Å²) >= 11 is 0. The minimum Gasteiger partial charge on any atom is -0.356 e. The number of sulfone groups is 1. The normalized spacial score (nSPS) is 15.4. The lowest BCUT2D eigenvalue weighted by atomic mass is 9.80. The van der Waals surface area contributed by atoms with Crippen LogP contribution in [0.25, 0.3) is 0 Å². The third-order valence-electron chi connectivity index (χ3n) is 8.35. The first-order valence-corrected chi connectivity index (χ1v) is 17.3. The molecule has 2 aromatic rings. The van der Waals surface area contributed by atoms with E-state index in [9.17, 15) is 18.0 Å². The highest BCUT2D eigenvalue weighted by Crippen LogP contribution is 2.31. The maximum absolute atomic E-state index is 13.2. The van der Waals surface area contributed by atoms with Gasteiger partial charge in [-0.1, -0.05) is 115 Å². The van der Waals surface area contributed by atoms with E-state index in [0.29, 0.717) is 22.9 Å². The monoisotopic (exact) mass is 581 g/mol. The van der Waals surface area contributed by atoms with Crippen molar-refractivity contribution in [1.29, 1.82) is 0 Å². The van der Waals surface area contributed by atoms with Crippen LogP contribution in [-0.2, 0) is 37.0 Å². The predicted molar refractivity (Wildman–Crippen MR) is 168 cm³/mol. The molecule has 1 fully saturated rings. The molecule has 1 aliphatic carbocycles. The highest BCUT2D eigenvalue weighted by molar-refractivity contribution is 7.90. The van der Waals surface area contributed by atoms with Crippen LogP contribution in [0.3, 0.4) is 0 Å². The molecule has 0 bridgehead atoms. The van der Waals surface area contributed by atoms with E-state index in [1.807, 2.05) is 30.3 Å². The van der Waals surface area contributed by atoms with Crippen molar-refractivity contribution < 1.29 is 18.0 Å². The zero-order valence-corrected chi connectivity index (χ0v) is 26.5. The lowest BCUT2D eigenvalue weighted by molar-refractivity contribution is -0.130. The Labute approximate surface area is 248 Å². The average Bonchev–Trinajstić information content (AvgIpc) is 2.92. The number of hydrogen-bond donors (Lipinski definition) is 1. The van der Waals surface area contributed by atoms with Gasteiger partial charge in [-0.25, -0.2) is 8.42 Å². The minimum absolute atomic E-state index is 0.0118. The Hall–Kier alpha value is -2.47. The van der Waals surface area contributed by atoms with Crippen molar-refractivity contribution in [3.8, 4) is 0 Å². The van der Waals surface area contributed by atoms with Gasteiger partial charge in [-0.3, -0.25) is 9.59 Å². The molecule has 2 aromatic carbocycles. The molecule has 0 spiro atoms. The van der Waals surface area contributed by atoms with Crippen LogP contribution in [0, 0.1) is 11.8 Å². The fourth-order valence-corrected chi connectivity index (χ4v) is 7.22. The number of ketones is 1. The molecule has 41 heavy (non-hydrogen) atoms. The topological polar surface area (TPSA) is 80.3 Å². The molecule has 1 aliphatic rings. The summed E-state index contributed by atoms with van der Waals surface area (Å²) in [5, 5.41) is 3.10. The molecule has 1 amide bonds. The molecule has 0 aliphatic heterocycles. The van der Waals surface area contributed by atoms with Crippen molar-refractivity contribution in [2.45, 2.75) is 121 Å². The maximum atomic E-state index is 13.2. The molecule has 1 atom stereocenters. The summed E-state index contributed by atoms with van der Waals surface area (Å²) < 4.78 is 26.3. The van der Waals surface area contributed by atoms with Crippen molar-refractivity contribution in [1.82, 2.24) is 5.32 Å². The molecule has 6 heteroatoms. The second kappa shape index (κ2) is 15.7. The van der Waals surface area contributed by atoms with Gasteiger partial charge in [-0.05, 0) is 53.0 Å². The molecular weight excluding hydrogens is 530 g/mol. The predicted octanol–water partition coefficient (Wildman–Crippen LogP) is 7.74. The van der Waals surface area contributed by atoms with Gasteiger partial charge in [-0.2, -0.15) is 0 Å². The van der Waals surface area contributed by atoms with Crippen molar-refractivity contribution in [3.05, 3.63) is 65.2 Å². The Bertz CT molecular complexity index is 1220. The number of benzene rings is 2. The minimum atomic E-state index is -3.52. The smallest absolute Gasteiger partial charge is 0.223 e. The van der Waals surface area contributed by atoms with Crippen molar-refractivity contribution in [2.75, 3.05) is 6.54 Å². The van der Waals surface area contributed by atoms with Crippen LogP contribution in [0.2, 0.25) is 0 Å². The van der Waals surface area contributed by atoms with Crippen LogP contribution in [-0.4, -0.2) is 26.7 Å². The Morgan fingerprint density at radius 2 is 1.61 bits per heavy atom. The van der Waals surface area contributed by atoms with Crippen molar-refractivity contribution >= 4 is 21.5 Å². The summed E-state index contributed by atoms with van der Waals surface area (Å²) in [4.78, 5) is 26.6. The third kappa shape index (κ3) is 11.0. The van der Waals surface area contributed by atoms with E-state index >= 15 is 0 Å². The van der Waals surface area contributed by atoms with E-state index in [1.54, 1.807) is 18.2 Å². The van der Waals surface area contributed by atoms with E-state index in [0.717, 1.165) is 49.7 Å². The largest absolute Gasteiger partial charge is 0.356 e. The zero-order valence-electron chi connectivity index (χ0n) is 25.7. The first-order valence-electron chi connectivity index (χ1n) is 15.7. The van der Waals surface area contributed by atoms with Crippen molar-refractivity contribution in [2.24, 2.45) is 11.8 Å². The number of hydrogen-bond acceptors (Lipinski definition) is 4. The van der Waals surface area contributed by atoms with E-state index in [4.69, 9.17) is 0 Å². The fourth-order valence-electron chi connectivity index (χ4n) is 5.89. The quantitative estimate of drug-likeness (QED) is 0.218. The highest BCUT2D eigenvalue weighted by Gasteiger charge is 2.27. The number of amides is 1. The van der Waals surface area contributed by atoms with Crippen molar-refractivity contribution in [3.63, 3.8) is 0 Å². The number of unbranched alkanes of at least 4 members (excludes halogenated alkanes) is 3. The molecular formula is C35H51NO4S. The molecule has 3 rings (SSSR count). The Morgan fingerprint density at radius 1 is 0.927 bits per heavy atom. The van der Waals surface area contributed by atoms with Crippen LogP contribution < -0.4 is 5.32 Å². The second-order valence-electron chi connectivity index (χ2n) is 13.1. The Morgan fingerprint density at radius 3 is 2.27 bits per heavy atom. The summed E-state index contributed by atoms with van der Waals surface area (Å²) in [5.41, 5.74) is 2.50. The Kier molecular flexibility index (Phi) is 12.6. The van der Waals surface area contributed by atoms with Gasteiger partial charge in [-0.15, -0.1) is 0 Å². The number of Topliss-reactive ketones (excluding diaryl/α,β-unsaturated/α-hetero) is 1. The second-order valence-corrected chi connectivity index (χ2v) is 15.1. The average molecular weight is 582 g/mol. The molecule has 0 aromatic heterocycles. The molecule has 1 saturated carbocycles. The lowest BCUT2D eigenvalue weighted by Gasteiger charge is -2.26. The first-order chi connectivity index (χ1) is 19.5. The SMILES string of the molecule is CCCCCCNC(=O)[C@H](CC(=O)Cc1cccc(CS(=O)(=O)c2ccc(C(C)(C)C)cc2)c1)CC1CCCCC1. The highest BCUT2D eigenvalue weighted by atomic mass is 32.2. The molecule has 5 nitrogen and oxygen atoms in total. The van der Waals surface area contributed by atoms with Gasteiger partial charge < -0.3 is 5.32 Å². The molecule has 0 heterocycles. The Balaban J connectivity index is 1.63.